The highest BCUT2D eigenvalue weighted by Gasteiger charge is 2.45. The number of Topliss-reactive ketones (excluding diaryl/α,β-unsaturated/α-hetero) is 1. The zero-order valence-electron chi connectivity index (χ0n) is 8.17. The van der Waals surface area contributed by atoms with Crippen LogP contribution in [-0.4, -0.2) is 57.4 Å². The van der Waals surface area contributed by atoms with Crippen LogP contribution in [-0.2, 0) is 9.53 Å². The van der Waals surface area contributed by atoms with Crippen molar-refractivity contribution in [2.24, 2.45) is 0 Å². The molecule has 14 heavy (non-hydrogen) atoms. The van der Waals surface area contributed by atoms with Gasteiger partial charge in [0.2, 0.25) is 0 Å². The molecule has 6 nitrogen and oxygen atoms in total. The Morgan fingerprint density at radius 2 is 2.00 bits per heavy atom. The summed E-state index contributed by atoms with van der Waals surface area (Å²) in [5.41, 5.74) is 0. The van der Waals surface area contributed by atoms with E-state index < -0.39 is 30.4 Å². The highest BCUT2D eigenvalue weighted by atomic mass is 16.6. The molecule has 0 aliphatic heterocycles. The van der Waals surface area contributed by atoms with Crippen LogP contribution in [0.1, 0.15) is 13.8 Å². The lowest BCUT2D eigenvalue weighted by molar-refractivity contribution is -0.258. The van der Waals surface area contributed by atoms with E-state index in [1.165, 1.54) is 6.92 Å². The summed E-state index contributed by atoms with van der Waals surface area (Å²) in [6.07, 6.45) is -3.50. The molecule has 0 aliphatic rings. The Balaban J connectivity index is 4.72. The van der Waals surface area contributed by atoms with E-state index in [0.29, 0.717) is 0 Å². The fourth-order valence-electron chi connectivity index (χ4n) is 0.976. The molecule has 3 unspecified atom stereocenters. The topological polar surface area (TPSA) is 107 Å². The van der Waals surface area contributed by atoms with Crippen LogP contribution in [0.4, 0.5) is 0 Å². The number of carbonyl (C=O) groups excluding carboxylic acids is 1. The number of carbonyl (C=O) groups is 1. The van der Waals surface area contributed by atoms with Crippen molar-refractivity contribution in [1.29, 1.82) is 0 Å². The van der Waals surface area contributed by atoms with Gasteiger partial charge in [-0.25, -0.2) is 0 Å². The summed E-state index contributed by atoms with van der Waals surface area (Å²) in [6, 6.07) is 0. The standard InChI is InChI=1S/C8H16O6/c1-3-14-8(13,5(2)10)7(12)6(11)4-9/h6-7,9,11-13H,3-4H2,1-2H3. The average Bonchev–Trinajstić information content (AvgIpc) is 2.15. The van der Waals surface area contributed by atoms with E-state index in [2.05, 4.69) is 4.74 Å². The Bertz CT molecular complexity index is 194. The van der Waals surface area contributed by atoms with Crippen molar-refractivity contribution in [3.8, 4) is 0 Å². The molecule has 0 aromatic rings. The van der Waals surface area contributed by atoms with Crippen molar-refractivity contribution in [1.82, 2.24) is 0 Å². The molecule has 0 rings (SSSR count). The summed E-state index contributed by atoms with van der Waals surface area (Å²) in [4.78, 5) is 11.0. The lowest BCUT2D eigenvalue weighted by Crippen LogP contribution is -2.56. The molecule has 0 aromatic carbocycles. The Morgan fingerprint density at radius 1 is 1.50 bits per heavy atom. The molecule has 0 bridgehead atoms. The summed E-state index contributed by atoms with van der Waals surface area (Å²) in [6.45, 7) is 1.75. The monoisotopic (exact) mass is 208 g/mol. The van der Waals surface area contributed by atoms with Crippen molar-refractivity contribution < 1.29 is 30.0 Å². The van der Waals surface area contributed by atoms with E-state index in [1.807, 2.05) is 0 Å². The number of aliphatic hydroxyl groups is 4. The van der Waals surface area contributed by atoms with Gasteiger partial charge in [0, 0.05) is 13.5 Å². The molecule has 0 heterocycles. The zero-order valence-corrected chi connectivity index (χ0v) is 8.17. The third kappa shape index (κ3) is 2.73. The van der Waals surface area contributed by atoms with Crippen LogP contribution in [0.2, 0.25) is 0 Å². The fraction of sp³-hybridized carbons (Fsp3) is 0.875. The first-order valence-corrected chi connectivity index (χ1v) is 4.24. The van der Waals surface area contributed by atoms with E-state index in [4.69, 9.17) is 10.2 Å². The second-order valence-electron chi connectivity index (χ2n) is 2.88. The number of hydrogen-bond donors (Lipinski definition) is 4. The Kier molecular flexibility index (Phi) is 5.17. The van der Waals surface area contributed by atoms with Gasteiger partial charge in [-0.2, -0.15) is 0 Å². The molecular weight excluding hydrogens is 192 g/mol. The SMILES string of the molecule is CCOC(O)(C(C)=O)C(O)C(O)CO. The van der Waals surface area contributed by atoms with Crippen LogP contribution in [0, 0.1) is 0 Å². The molecule has 0 saturated heterocycles. The van der Waals surface area contributed by atoms with E-state index in [-0.39, 0.29) is 6.61 Å². The lowest BCUT2D eigenvalue weighted by atomic mass is 10.0. The Hall–Kier alpha value is -0.530. The predicted octanol–water partition coefficient (Wildman–Crippen LogP) is -1.99. The quantitative estimate of drug-likeness (QED) is 0.377. The second-order valence-corrected chi connectivity index (χ2v) is 2.88. The molecule has 84 valence electrons. The zero-order chi connectivity index (χ0) is 11.4. The molecule has 0 amide bonds. The fourth-order valence-corrected chi connectivity index (χ4v) is 0.976. The number of rotatable bonds is 6. The maximum Gasteiger partial charge on any atom is 0.255 e. The van der Waals surface area contributed by atoms with Crippen molar-refractivity contribution in [2.45, 2.75) is 31.8 Å². The first kappa shape index (κ1) is 13.5. The normalized spacial score (nSPS) is 19.9. The van der Waals surface area contributed by atoms with Crippen LogP contribution < -0.4 is 0 Å². The molecule has 0 fully saturated rings. The highest BCUT2D eigenvalue weighted by Crippen LogP contribution is 2.17. The van der Waals surface area contributed by atoms with Crippen LogP contribution in [0.15, 0.2) is 0 Å². The number of ether oxygens (including phenoxy) is 1. The van der Waals surface area contributed by atoms with Crippen molar-refractivity contribution >= 4 is 5.78 Å². The number of hydrogen-bond acceptors (Lipinski definition) is 6. The highest BCUT2D eigenvalue weighted by molar-refractivity contribution is 5.83. The maximum atomic E-state index is 11.0. The molecule has 0 spiro atoms. The van der Waals surface area contributed by atoms with Crippen molar-refractivity contribution in [3.63, 3.8) is 0 Å². The van der Waals surface area contributed by atoms with Gasteiger partial charge >= 0.3 is 0 Å². The van der Waals surface area contributed by atoms with Gasteiger partial charge in [0.1, 0.15) is 12.2 Å². The molecule has 6 heteroatoms. The van der Waals surface area contributed by atoms with Crippen molar-refractivity contribution in [2.75, 3.05) is 13.2 Å². The maximum absolute atomic E-state index is 11.0. The molecule has 0 saturated carbocycles. The lowest BCUT2D eigenvalue weighted by Gasteiger charge is -2.31. The minimum atomic E-state index is -2.46. The van der Waals surface area contributed by atoms with Crippen LogP contribution >= 0.6 is 0 Å². The second kappa shape index (κ2) is 5.38. The van der Waals surface area contributed by atoms with E-state index in [0.717, 1.165) is 6.92 Å². The van der Waals surface area contributed by atoms with Crippen LogP contribution in [0.5, 0.6) is 0 Å². The van der Waals surface area contributed by atoms with E-state index >= 15 is 0 Å². The first-order valence-electron chi connectivity index (χ1n) is 4.24. The van der Waals surface area contributed by atoms with E-state index in [9.17, 15) is 15.0 Å². The summed E-state index contributed by atoms with van der Waals surface area (Å²) in [5.74, 6) is -3.30. The molecule has 0 radical (unpaired) electrons. The van der Waals surface area contributed by atoms with Crippen LogP contribution in [0.25, 0.3) is 0 Å². The smallest absolute Gasteiger partial charge is 0.255 e. The summed E-state index contributed by atoms with van der Waals surface area (Å²) >= 11 is 0. The largest absolute Gasteiger partial charge is 0.394 e. The minimum Gasteiger partial charge on any atom is -0.394 e. The van der Waals surface area contributed by atoms with E-state index in [1.54, 1.807) is 0 Å². The first-order chi connectivity index (χ1) is 6.40. The van der Waals surface area contributed by atoms with Gasteiger partial charge in [0.25, 0.3) is 5.79 Å². The Labute approximate surface area is 81.7 Å². The van der Waals surface area contributed by atoms with Crippen LogP contribution in [0.3, 0.4) is 0 Å². The molecule has 0 aromatic heterocycles. The van der Waals surface area contributed by atoms with Gasteiger partial charge in [-0.3, -0.25) is 4.79 Å². The Morgan fingerprint density at radius 3 is 2.29 bits per heavy atom. The van der Waals surface area contributed by atoms with Gasteiger partial charge in [0.05, 0.1) is 6.61 Å². The van der Waals surface area contributed by atoms with Gasteiger partial charge in [-0.15, -0.1) is 0 Å². The van der Waals surface area contributed by atoms with Crippen molar-refractivity contribution in [3.05, 3.63) is 0 Å². The third-order valence-electron chi connectivity index (χ3n) is 1.82. The summed E-state index contributed by atoms with van der Waals surface area (Å²) < 4.78 is 4.66. The number of ketones is 1. The van der Waals surface area contributed by atoms with Gasteiger partial charge in [-0.05, 0) is 6.92 Å². The summed E-state index contributed by atoms with van der Waals surface area (Å²) in [5, 5.41) is 36.5. The van der Waals surface area contributed by atoms with Gasteiger partial charge in [0.15, 0.2) is 5.78 Å². The molecule has 4 N–H and O–H groups in total. The predicted molar refractivity (Wildman–Crippen MR) is 46.4 cm³/mol. The minimum absolute atomic E-state index is 0.00864. The third-order valence-corrected chi connectivity index (χ3v) is 1.82. The van der Waals surface area contributed by atoms with Gasteiger partial charge < -0.3 is 25.2 Å². The summed E-state index contributed by atoms with van der Waals surface area (Å²) in [7, 11) is 0. The average molecular weight is 208 g/mol. The van der Waals surface area contributed by atoms with Gasteiger partial charge in [-0.1, -0.05) is 0 Å². The molecule has 0 aliphatic carbocycles. The molecular formula is C8H16O6. The molecule has 3 atom stereocenters. The number of aliphatic hydroxyl groups excluding tert-OH is 3.